The third kappa shape index (κ3) is 2.62. The summed E-state index contributed by atoms with van der Waals surface area (Å²) in [7, 11) is 1.79. The van der Waals surface area contributed by atoms with Crippen molar-refractivity contribution in [3.63, 3.8) is 0 Å². The maximum absolute atomic E-state index is 14.2. The third-order valence-corrected chi connectivity index (χ3v) is 5.61. The molecular weight excluding hydrogens is 364 g/mol. The van der Waals surface area contributed by atoms with Crippen LogP contribution in [0.15, 0.2) is 42.5 Å². The molecule has 5 nitrogen and oxygen atoms in total. The van der Waals surface area contributed by atoms with E-state index in [1.807, 2.05) is 0 Å². The van der Waals surface area contributed by atoms with Crippen LogP contribution in [0.3, 0.4) is 0 Å². The van der Waals surface area contributed by atoms with Crippen LogP contribution in [0.25, 0.3) is 11.3 Å². The predicted molar refractivity (Wildman–Crippen MR) is 98.8 cm³/mol. The SMILES string of the molecule is Cc1c(F)cccc1[C@]1(C(=O)NO)Cc2nn(C)c(-c3ccc(F)cc3)c2C1. The Morgan fingerprint density at radius 1 is 1.18 bits per heavy atom. The zero-order chi connectivity index (χ0) is 20.1. The number of rotatable bonds is 3. The lowest BCUT2D eigenvalue weighted by Crippen LogP contribution is -2.45. The molecule has 28 heavy (non-hydrogen) atoms. The highest BCUT2D eigenvalue weighted by molar-refractivity contribution is 5.90. The summed E-state index contributed by atoms with van der Waals surface area (Å²) in [6.45, 7) is 1.62. The van der Waals surface area contributed by atoms with Gasteiger partial charge in [-0.25, -0.2) is 14.3 Å². The first kappa shape index (κ1) is 18.3. The number of benzene rings is 2. The molecule has 0 radical (unpaired) electrons. The monoisotopic (exact) mass is 383 g/mol. The molecule has 0 spiro atoms. The van der Waals surface area contributed by atoms with E-state index in [9.17, 15) is 18.8 Å². The number of aryl methyl sites for hydroxylation is 1. The van der Waals surface area contributed by atoms with Gasteiger partial charge >= 0.3 is 0 Å². The minimum atomic E-state index is -1.17. The summed E-state index contributed by atoms with van der Waals surface area (Å²) in [5, 5.41) is 14.0. The minimum Gasteiger partial charge on any atom is -0.289 e. The van der Waals surface area contributed by atoms with Gasteiger partial charge in [0.25, 0.3) is 5.91 Å². The van der Waals surface area contributed by atoms with Crippen molar-refractivity contribution in [1.29, 1.82) is 0 Å². The van der Waals surface area contributed by atoms with Gasteiger partial charge in [0.2, 0.25) is 0 Å². The molecule has 0 unspecified atom stereocenters. The average molecular weight is 383 g/mol. The molecule has 0 aliphatic heterocycles. The van der Waals surface area contributed by atoms with Crippen LogP contribution in [0.5, 0.6) is 0 Å². The number of hydroxylamine groups is 1. The van der Waals surface area contributed by atoms with Gasteiger partial charge in [-0.15, -0.1) is 0 Å². The second-order valence-corrected chi connectivity index (χ2v) is 7.19. The molecule has 0 saturated heterocycles. The number of amides is 1. The smallest absolute Gasteiger partial charge is 0.254 e. The van der Waals surface area contributed by atoms with Crippen LogP contribution in [0.4, 0.5) is 8.78 Å². The van der Waals surface area contributed by atoms with Crippen LogP contribution in [0.2, 0.25) is 0 Å². The molecule has 7 heteroatoms. The third-order valence-electron chi connectivity index (χ3n) is 5.61. The Morgan fingerprint density at radius 3 is 2.57 bits per heavy atom. The van der Waals surface area contributed by atoms with Gasteiger partial charge < -0.3 is 0 Å². The van der Waals surface area contributed by atoms with Gasteiger partial charge in [0.05, 0.1) is 16.8 Å². The standard InChI is InChI=1S/C21H19F2N3O2/c1-12-16(4-3-5-17(12)23)21(20(27)25-28)10-15-18(11-21)24-26(2)19(15)13-6-8-14(22)9-7-13/h3-9,28H,10-11H2,1-2H3,(H,25,27)/t21-/m1/s1. The van der Waals surface area contributed by atoms with Gasteiger partial charge in [-0.3, -0.25) is 14.7 Å². The number of carbonyl (C=O) groups excluding carboxylic acids is 1. The second kappa shape index (κ2) is 6.53. The summed E-state index contributed by atoms with van der Waals surface area (Å²) < 4.78 is 29.3. The highest BCUT2D eigenvalue weighted by Gasteiger charge is 2.49. The maximum atomic E-state index is 14.2. The van der Waals surface area contributed by atoms with E-state index in [0.717, 1.165) is 16.8 Å². The number of hydrogen-bond donors (Lipinski definition) is 2. The Kier molecular flexibility index (Phi) is 4.27. The van der Waals surface area contributed by atoms with Crippen molar-refractivity contribution in [2.45, 2.75) is 25.2 Å². The van der Waals surface area contributed by atoms with Gasteiger partial charge in [0.1, 0.15) is 11.6 Å². The van der Waals surface area contributed by atoms with Crippen LogP contribution >= 0.6 is 0 Å². The topological polar surface area (TPSA) is 67.2 Å². The highest BCUT2D eigenvalue weighted by Crippen LogP contribution is 2.44. The summed E-state index contributed by atoms with van der Waals surface area (Å²) in [6, 6.07) is 10.7. The van der Waals surface area contributed by atoms with Gasteiger partial charge in [-0.05, 0) is 54.8 Å². The summed E-state index contributed by atoms with van der Waals surface area (Å²) in [5.41, 5.74) is 4.56. The van der Waals surface area contributed by atoms with Crippen LogP contribution < -0.4 is 5.48 Å². The Balaban J connectivity index is 1.87. The zero-order valence-electron chi connectivity index (χ0n) is 15.5. The second-order valence-electron chi connectivity index (χ2n) is 7.19. The Hall–Kier alpha value is -3.06. The van der Waals surface area contributed by atoms with Gasteiger partial charge in [-0.1, -0.05) is 12.1 Å². The molecule has 0 fully saturated rings. The van der Waals surface area contributed by atoms with E-state index in [1.165, 1.54) is 18.2 Å². The lowest BCUT2D eigenvalue weighted by molar-refractivity contribution is -0.135. The number of aromatic nitrogens is 2. The van der Waals surface area contributed by atoms with E-state index in [2.05, 4.69) is 5.10 Å². The molecule has 2 aromatic carbocycles. The molecule has 144 valence electrons. The molecule has 1 aliphatic carbocycles. The molecule has 0 saturated carbocycles. The van der Waals surface area contributed by atoms with E-state index in [4.69, 9.17) is 0 Å². The highest BCUT2D eigenvalue weighted by atomic mass is 19.1. The van der Waals surface area contributed by atoms with Crippen molar-refractivity contribution in [1.82, 2.24) is 15.3 Å². The van der Waals surface area contributed by atoms with Crippen LogP contribution in [0.1, 0.15) is 22.4 Å². The lowest BCUT2D eigenvalue weighted by Gasteiger charge is -2.29. The zero-order valence-corrected chi connectivity index (χ0v) is 15.5. The van der Waals surface area contributed by atoms with E-state index >= 15 is 0 Å². The molecule has 3 aromatic rings. The van der Waals surface area contributed by atoms with E-state index < -0.39 is 17.1 Å². The van der Waals surface area contributed by atoms with Crippen molar-refractivity contribution in [3.8, 4) is 11.3 Å². The van der Waals surface area contributed by atoms with E-state index in [0.29, 0.717) is 16.8 Å². The van der Waals surface area contributed by atoms with Crippen LogP contribution in [0, 0.1) is 18.6 Å². The molecule has 1 amide bonds. The fourth-order valence-electron chi connectivity index (χ4n) is 4.28. The number of carbonyl (C=O) groups is 1. The van der Waals surface area contributed by atoms with Crippen molar-refractivity contribution >= 4 is 5.91 Å². The van der Waals surface area contributed by atoms with E-state index in [1.54, 1.807) is 48.4 Å². The molecule has 2 N–H and O–H groups in total. The molecule has 1 aromatic heterocycles. The van der Waals surface area contributed by atoms with Crippen LogP contribution in [-0.2, 0) is 30.1 Å². The molecule has 1 aliphatic rings. The predicted octanol–water partition coefficient (Wildman–Crippen LogP) is 3.22. The fraction of sp³-hybridized carbons (Fsp3) is 0.238. The molecule has 0 bridgehead atoms. The molecule has 4 rings (SSSR count). The first-order valence-electron chi connectivity index (χ1n) is 8.88. The molecule has 1 atom stereocenters. The van der Waals surface area contributed by atoms with E-state index in [-0.39, 0.29) is 18.7 Å². The number of fused-ring (bicyclic) bond motifs is 1. The van der Waals surface area contributed by atoms with Gasteiger partial charge in [-0.2, -0.15) is 5.10 Å². The molecule has 1 heterocycles. The Bertz CT molecular complexity index is 1080. The van der Waals surface area contributed by atoms with Crippen molar-refractivity contribution in [2.75, 3.05) is 0 Å². The number of nitrogens with zero attached hydrogens (tertiary/aromatic N) is 2. The first-order chi connectivity index (χ1) is 13.4. The summed E-state index contributed by atoms with van der Waals surface area (Å²) in [5.74, 6) is -1.36. The first-order valence-corrected chi connectivity index (χ1v) is 8.88. The maximum Gasteiger partial charge on any atom is 0.254 e. The summed E-state index contributed by atoms with van der Waals surface area (Å²) in [4.78, 5) is 12.8. The van der Waals surface area contributed by atoms with Crippen molar-refractivity contribution in [2.24, 2.45) is 7.05 Å². The Labute approximate surface area is 160 Å². The summed E-state index contributed by atoms with van der Waals surface area (Å²) in [6.07, 6.45) is 0.480. The quantitative estimate of drug-likeness (QED) is 0.539. The number of halogens is 2. The fourth-order valence-corrected chi connectivity index (χ4v) is 4.28. The number of nitrogens with one attached hydrogen (secondary N) is 1. The molecular formula is C21H19F2N3O2. The van der Waals surface area contributed by atoms with Crippen molar-refractivity contribution in [3.05, 3.63) is 76.5 Å². The summed E-state index contributed by atoms with van der Waals surface area (Å²) >= 11 is 0. The van der Waals surface area contributed by atoms with Gasteiger partial charge in [0.15, 0.2) is 0 Å². The number of hydrogen-bond acceptors (Lipinski definition) is 3. The lowest BCUT2D eigenvalue weighted by atomic mass is 9.75. The van der Waals surface area contributed by atoms with Gasteiger partial charge in [0, 0.05) is 24.6 Å². The average Bonchev–Trinajstić information content (AvgIpc) is 3.18. The van der Waals surface area contributed by atoms with Crippen molar-refractivity contribution < 1.29 is 18.8 Å². The normalized spacial score (nSPS) is 18.2. The minimum absolute atomic E-state index is 0.230. The van der Waals surface area contributed by atoms with Crippen LogP contribution in [-0.4, -0.2) is 20.9 Å². The largest absolute Gasteiger partial charge is 0.289 e. The Morgan fingerprint density at radius 2 is 1.89 bits per heavy atom.